The summed E-state index contributed by atoms with van der Waals surface area (Å²) in [5, 5.41) is 4.22. The number of hydrogen-bond acceptors (Lipinski definition) is 3. The van der Waals surface area contributed by atoms with Crippen LogP contribution in [0, 0.1) is 5.92 Å². The highest BCUT2D eigenvalue weighted by Gasteiger charge is 2.35. The van der Waals surface area contributed by atoms with Crippen molar-refractivity contribution in [2.45, 2.75) is 84.5 Å². The Kier molecular flexibility index (Phi) is 8.20. The number of likely N-dealkylation sites (tertiary alicyclic amines) is 1. The third-order valence-electron chi connectivity index (χ3n) is 7.44. The molecule has 2 aromatic rings. The van der Waals surface area contributed by atoms with Crippen molar-refractivity contribution in [2.75, 3.05) is 13.1 Å². The fourth-order valence-corrected chi connectivity index (χ4v) is 5.50. The Bertz CT molecular complexity index is 1030. The van der Waals surface area contributed by atoms with E-state index in [9.17, 15) is 13.2 Å². The van der Waals surface area contributed by atoms with Crippen LogP contribution in [0.25, 0.3) is 0 Å². The van der Waals surface area contributed by atoms with E-state index in [4.69, 9.17) is 4.84 Å². The maximum atomic E-state index is 13.8. The summed E-state index contributed by atoms with van der Waals surface area (Å²) in [6.07, 6.45) is 1.35. The van der Waals surface area contributed by atoms with Crippen molar-refractivity contribution in [3.05, 3.63) is 69.8 Å². The van der Waals surface area contributed by atoms with E-state index < -0.39 is 11.7 Å². The van der Waals surface area contributed by atoms with Crippen LogP contribution >= 0.6 is 0 Å². The van der Waals surface area contributed by atoms with Gasteiger partial charge in [-0.3, -0.25) is 4.90 Å². The lowest BCUT2D eigenvalue weighted by molar-refractivity contribution is -0.138. The first-order valence-corrected chi connectivity index (χ1v) is 13.0. The summed E-state index contributed by atoms with van der Waals surface area (Å²) in [6, 6.07) is 11.0. The van der Waals surface area contributed by atoms with Gasteiger partial charge in [0.25, 0.3) is 0 Å². The summed E-state index contributed by atoms with van der Waals surface area (Å²) >= 11 is 0. The summed E-state index contributed by atoms with van der Waals surface area (Å²) in [4.78, 5) is 7.96. The Balaban J connectivity index is 1.42. The molecule has 0 N–H and O–H groups in total. The number of alkyl halides is 3. The van der Waals surface area contributed by atoms with Crippen LogP contribution in [0.4, 0.5) is 13.2 Å². The van der Waals surface area contributed by atoms with Gasteiger partial charge in [-0.1, -0.05) is 62.5 Å². The molecule has 1 aliphatic heterocycles. The first-order valence-electron chi connectivity index (χ1n) is 13.0. The van der Waals surface area contributed by atoms with Crippen LogP contribution < -0.4 is 0 Å². The standard InChI is InChI=1S/C29H37F3N2O/c1-4-23-15-25(11-12-26(23)18-34-16-20(2)17-34)21(3)33-35-19-22-10-13-27(24-8-6-5-7-9-24)28(14-22)29(30,31)32/h10-15,20,24H,4-9,16-19H2,1-3H3/b33-21+. The van der Waals surface area contributed by atoms with Gasteiger partial charge in [0.2, 0.25) is 0 Å². The molecule has 1 saturated carbocycles. The third kappa shape index (κ3) is 6.46. The number of nitrogens with zero attached hydrogens (tertiary/aromatic N) is 2. The molecule has 0 unspecified atom stereocenters. The van der Waals surface area contributed by atoms with E-state index in [1.807, 2.05) is 6.92 Å². The first-order chi connectivity index (χ1) is 16.7. The van der Waals surface area contributed by atoms with E-state index in [1.54, 1.807) is 12.1 Å². The molecule has 2 fully saturated rings. The summed E-state index contributed by atoms with van der Waals surface area (Å²) < 4.78 is 41.4. The van der Waals surface area contributed by atoms with E-state index in [0.717, 1.165) is 75.4 Å². The van der Waals surface area contributed by atoms with Crippen LogP contribution in [-0.2, 0) is 30.6 Å². The lowest BCUT2D eigenvalue weighted by Crippen LogP contribution is -2.44. The minimum atomic E-state index is -4.37. The van der Waals surface area contributed by atoms with E-state index in [1.165, 1.54) is 17.2 Å². The first kappa shape index (κ1) is 25.7. The highest BCUT2D eigenvalue weighted by atomic mass is 19.4. The largest absolute Gasteiger partial charge is 0.416 e. The maximum Gasteiger partial charge on any atom is 0.416 e. The number of hydrogen-bond donors (Lipinski definition) is 0. The molecule has 4 rings (SSSR count). The number of halogens is 3. The molecule has 2 aromatic carbocycles. The Morgan fingerprint density at radius 3 is 2.43 bits per heavy atom. The maximum absolute atomic E-state index is 13.8. The van der Waals surface area contributed by atoms with Crippen molar-refractivity contribution in [3.8, 4) is 0 Å². The quantitative estimate of drug-likeness (QED) is 0.282. The Labute approximate surface area is 207 Å². The van der Waals surface area contributed by atoms with Crippen LogP contribution in [0.2, 0.25) is 0 Å². The number of oxime groups is 1. The van der Waals surface area contributed by atoms with Crippen molar-refractivity contribution in [3.63, 3.8) is 0 Å². The van der Waals surface area contributed by atoms with E-state index in [0.29, 0.717) is 11.1 Å². The lowest BCUT2D eigenvalue weighted by Gasteiger charge is -2.37. The molecule has 3 nitrogen and oxygen atoms in total. The molecular weight excluding hydrogens is 449 g/mol. The van der Waals surface area contributed by atoms with Gasteiger partial charge >= 0.3 is 6.18 Å². The molecule has 35 heavy (non-hydrogen) atoms. The van der Waals surface area contributed by atoms with Crippen LogP contribution in [0.15, 0.2) is 41.6 Å². The lowest BCUT2D eigenvalue weighted by atomic mass is 9.81. The minimum absolute atomic E-state index is 0.00386. The molecule has 0 radical (unpaired) electrons. The zero-order valence-electron chi connectivity index (χ0n) is 21.1. The normalized spacial score (nSPS) is 18.5. The molecule has 1 aliphatic carbocycles. The molecule has 0 atom stereocenters. The van der Waals surface area contributed by atoms with Crippen LogP contribution in [0.3, 0.4) is 0 Å². The van der Waals surface area contributed by atoms with Gasteiger partial charge in [0, 0.05) is 19.6 Å². The second-order valence-electron chi connectivity index (χ2n) is 10.3. The Morgan fingerprint density at radius 2 is 1.77 bits per heavy atom. The van der Waals surface area contributed by atoms with Crippen molar-refractivity contribution in [2.24, 2.45) is 11.1 Å². The highest BCUT2D eigenvalue weighted by Crippen LogP contribution is 2.41. The Morgan fingerprint density at radius 1 is 1.03 bits per heavy atom. The minimum Gasteiger partial charge on any atom is -0.391 e. The van der Waals surface area contributed by atoms with Crippen LogP contribution in [0.1, 0.15) is 92.2 Å². The summed E-state index contributed by atoms with van der Waals surface area (Å²) in [5.41, 5.74) is 4.73. The molecule has 0 aromatic heterocycles. The van der Waals surface area contributed by atoms with Crippen molar-refractivity contribution < 1.29 is 18.0 Å². The summed E-state index contributed by atoms with van der Waals surface area (Å²) in [6.45, 7) is 9.58. The predicted octanol–water partition coefficient (Wildman–Crippen LogP) is 7.71. The molecule has 1 heterocycles. The average Bonchev–Trinajstić information content (AvgIpc) is 2.83. The average molecular weight is 487 g/mol. The molecule has 6 heteroatoms. The second kappa shape index (κ2) is 11.2. The van der Waals surface area contributed by atoms with Gasteiger partial charge < -0.3 is 4.84 Å². The van der Waals surface area contributed by atoms with E-state index in [-0.39, 0.29) is 12.5 Å². The molecule has 0 spiro atoms. The monoisotopic (exact) mass is 486 g/mol. The van der Waals surface area contributed by atoms with E-state index >= 15 is 0 Å². The van der Waals surface area contributed by atoms with Gasteiger partial charge in [-0.15, -0.1) is 0 Å². The van der Waals surface area contributed by atoms with Gasteiger partial charge in [-0.2, -0.15) is 13.2 Å². The molecule has 2 aliphatic rings. The van der Waals surface area contributed by atoms with Crippen molar-refractivity contribution >= 4 is 5.71 Å². The van der Waals surface area contributed by atoms with Gasteiger partial charge in [0.05, 0.1) is 11.3 Å². The van der Waals surface area contributed by atoms with E-state index in [2.05, 4.69) is 42.1 Å². The number of aryl methyl sites for hydroxylation is 1. The molecular formula is C29H37F3N2O. The fourth-order valence-electron chi connectivity index (χ4n) is 5.50. The summed E-state index contributed by atoms with van der Waals surface area (Å²) in [7, 11) is 0. The van der Waals surface area contributed by atoms with Crippen molar-refractivity contribution in [1.82, 2.24) is 4.90 Å². The topological polar surface area (TPSA) is 24.8 Å². The molecule has 0 amide bonds. The molecule has 0 bridgehead atoms. The molecule has 1 saturated heterocycles. The highest BCUT2D eigenvalue weighted by molar-refractivity contribution is 5.98. The SMILES string of the molecule is CCc1cc(/C(C)=N/OCc2ccc(C3CCCCC3)c(C(F)(F)F)c2)ccc1CN1CC(C)C1. The Hall–Kier alpha value is -2.34. The van der Waals surface area contributed by atoms with Gasteiger partial charge in [0.15, 0.2) is 0 Å². The zero-order valence-corrected chi connectivity index (χ0v) is 21.1. The third-order valence-corrected chi connectivity index (χ3v) is 7.44. The van der Waals surface area contributed by atoms with Gasteiger partial charge in [0.1, 0.15) is 6.61 Å². The van der Waals surface area contributed by atoms with Crippen molar-refractivity contribution in [1.29, 1.82) is 0 Å². The number of rotatable bonds is 8. The molecule has 190 valence electrons. The number of benzene rings is 2. The van der Waals surface area contributed by atoms with Crippen LogP contribution in [-0.4, -0.2) is 23.7 Å². The summed E-state index contributed by atoms with van der Waals surface area (Å²) in [5.74, 6) is 0.775. The van der Waals surface area contributed by atoms with Gasteiger partial charge in [-0.05, 0) is 78.0 Å². The zero-order chi connectivity index (χ0) is 25.0. The predicted molar refractivity (Wildman–Crippen MR) is 135 cm³/mol. The fraction of sp³-hybridized carbons (Fsp3) is 0.552. The smallest absolute Gasteiger partial charge is 0.391 e. The van der Waals surface area contributed by atoms with Crippen LogP contribution in [0.5, 0.6) is 0 Å². The van der Waals surface area contributed by atoms with Gasteiger partial charge in [-0.25, -0.2) is 0 Å². The second-order valence-corrected chi connectivity index (χ2v) is 10.3.